The fourth-order valence-electron chi connectivity index (χ4n) is 3.04. The number of likely N-dealkylation sites (tertiary alicyclic amines) is 1. The molecule has 0 N–H and O–H groups in total. The van der Waals surface area contributed by atoms with Gasteiger partial charge in [-0.3, -0.25) is 0 Å². The van der Waals surface area contributed by atoms with E-state index in [2.05, 4.69) is 48.6 Å². The van der Waals surface area contributed by atoms with Crippen LogP contribution in [0.3, 0.4) is 0 Å². The Hall–Kier alpha value is -1.15. The van der Waals surface area contributed by atoms with Gasteiger partial charge in [-0.05, 0) is 39.3 Å². The summed E-state index contributed by atoms with van der Waals surface area (Å²) in [6, 6.07) is 2.04. The SMILES string of the molecule is C=[N+]1CCC2=C(C3CN(C(C)C)C3)[CH-]C=C[C-]21. The van der Waals surface area contributed by atoms with Gasteiger partial charge in [-0.15, -0.1) is 0 Å². The lowest BCUT2D eigenvalue weighted by atomic mass is 9.80. The Bertz CT molecular complexity index is 397. The van der Waals surface area contributed by atoms with E-state index >= 15 is 0 Å². The fraction of sp³-hybridized carbons (Fsp3) is 0.533. The Morgan fingerprint density at radius 1 is 1.53 bits per heavy atom. The zero-order chi connectivity index (χ0) is 12.0. The molecule has 2 heteroatoms. The van der Waals surface area contributed by atoms with E-state index < -0.39 is 0 Å². The summed E-state index contributed by atoms with van der Waals surface area (Å²) in [7, 11) is 0. The highest BCUT2D eigenvalue weighted by molar-refractivity contribution is 5.48. The third kappa shape index (κ3) is 1.71. The van der Waals surface area contributed by atoms with Crippen molar-refractivity contribution < 1.29 is 4.58 Å². The molecule has 2 heterocycles. The highest BCUT2D eigenvalue weighted by Crippen LogP contribution is 2.40. The standard InChI is InChI=1S/C15H21N2/c1-11(2)17-9-12(10-17)13-5-4-6-15-14(13)7-8-16(15)3/h4-6,11-12H,3,7-10H2,1-2H3/q-1. The van der Waals surface area contributed by atoms with Gasteiger partial charge in [0.05, 0.1) is 6.72 Å². The van der Waals surface area contributed by atoms with E-state index in [0.717, 1.165) is 12.5 Å². The van der Waals surface area contributed by atoms with E-state index in [9.17, 15) is 0 Å². The Labute approximate surface area is 104 Å². The van der Waals surface area contributed by atoms with Crippen molar-refractivity contribution in [2.24, 2.45) is 5.92 Å². The molecule has 3 rings (SSSR count). The van der Waals surface area contributed by atoms with Gasteiger partial charge in [0, 0.05) is 12.1 Å². The quantitative estimate of drug-likeness (QED) is 0.519. The summed E-state index contributed by atoms with van der Waals surface area (Å²) in [4.78, 5) is 2.54. The van der Waals surface area contributed by atoms with Crippen LogP contribution in [0.1, 0.15) is 20.3 Å². The van der Waals surface area contributed by atoms with Gasteiger partial charge < -0.3 is 9.48 Å². The Morgan fingerprint density at radius 3 is 3.00 bits per heavy atom. The van der Waals surface area contributed by atoms with Crippen LogP contribution in [0.15, 0.2) is 23.3 Å². The minimum atomic E-state index is 0.687. The molecule has 0 aromatic rings. The largest absolute Gasteiger partial charge is 0.307 e. The van der Waals surface area contributed by atoms with Crippen LogP contribution in [0.4, 0.5) is 0 Å². The number of allylic oxidation sites excluding steroid dienone is 1. The molecule has 0 saturated carbocycles. The maximum atomic E-state index is 4.09. The summed E-state index contributed by atoms with van der Waals surface area (Å²) in [6.07, 6.45) is 7.89. The second kappa shape index (κ2) is 3.95. The summed E-state index contributed by atoms with van der Waals surface area (Å²) in [5.41, 5.74) is 3.13. The molecule has 92 valence electrons. The van der Waals surface area contributed by atoms with Crippen molar-refractivity contribution >= 4 is 6.72 Å². The maximum Gasteiger partial charge on any atom is 0.121 e. The van der Waals surface area contributed by atoms with E-state index in [0.29, 0.717) is 6.04 Å². The topological polar surface area (TPSA) is 6.25 Å². The summed E-state index contributed by atoms with van der Waals surface area (Å²) in [5.74, 6) is 0.749. The van der Waals surface area contributed by atoms with Crippen LogP contribution in [-0.2, 0) is 0 Å². The Morgan fingerprint density at radius 2 is 2.29 bits per heavy atom. The number of hydrogen-bond donors (Lipinski definition) is 0. The second-order valence-electron chi connectivity index (χ2n) is 5.60. The van der Waals surface area contributed by atoms with Crippen molar-refractivity contribution in [2.45, 2.75) is 26.3 Å². The second-order valence-corrected chi connectivity index (χ2v) is 5.60. The fourth-order valence-corrected chi connectivity index (χ4v) is 3.04. The molecule has 0 unspecified atom stereocenters. The molecule has 2 fully saturated rings. The molecule has 3 aliphatic rings. The molecule has 0 aromatic heterocycles. The van der Waals surface area contributed by atoms with Gasteiger partial charge in [0.25, 0.3) is 0 Å². The van der Waals surface area contributed by atoms with Crippen molar-refractivity contribution in [3.05, 3.63) is 35.8 Å². The van der Waals surface area contributed by atoms with Crippen LogP contribution < -0.4 is 0 Å². The molecule has 1 aliphatic carbocycles. The molecule has 0 radical (unpaired) electrons. The van der Waals surface area contributed by atoms with Crippen molar-refractivity contribution in [3.63, 3.8) is 0 Å². The molecule has 0 aromatic carbocycles. The zero-order valence-electron chi connectivity index (χ0n) is 10.8. The predicted molar refractivity (Wildman–Crippen MR) is 70.8 cm³/mol. The normalized spacial score (nSPS) is 25.4. The summed E-state index contributed by atoms with van der Waals surface area (Å²) in [5, 5.41) is 0. The van der Waals surface area contributed by atoms with E-state index in [1.807, 2.05) is 0 Å². The number of fused-ring (bicyclic) bond motifs is 1. The maximum absolute atomic E-state index is 4.09. The van der Waals surface area contributed by atoms with E-state index in [1.54, 1.807) is 11.1 Å². The highest BCUT2D eigenvalue weighted by Gasteiger charge is 2.30. The molecule has 2 saturated heterocycles. The third-order valence-electron chi connectivity index (χ3n) is 4.24. The molecule has 17 heavy (non-hydrogen) atoms. The smallest absolute Gasteiger partial charge is 0.121 e. The van der Waals surface area contributed by atoms with Gasteiger partial charge in [-0.1, -0.05) is 0 Å². The summed E-state index contributed by atoms with van der Waals surface area (Å²) >= 11 is 0. The van der Waals surface area contributed by atoms with Gasteiger partial charge in [0.15, 0.2) is 0 Å². The zero-order valence-corrected chi connectivity index (χ0v) is 10.8. The average Bonchev–Trinajstić information content (AvgIpc) is 2.59. The molecule has 0 atom stereocenters. The van der Waals surface area contributed by atoms with Gasteiger partial charge in [-0.25, -0.2) is 18.1 Å². The lowest BCUT2D eigenvalue weighted by Gasteiger charge is -2.49. The predicted octanol–water partition coefficient (Wildman–Crippen LogP) is 2.05. The number of hydrogen-bond acceptors (Lipinski definition) is 1. The molecule has 0 spiro atoms. The molecular formula is C15H21N2-. The third-order valence-corrected chi connectivity index (χ3v) is 4.24. The highest BCUT2D eigenvalue weighted by atomic mass is 15.2. The van der Waals surface area contributed by atoms with Crippen molar-refractivity contribution in [3.8, 4) is 0 Å². The van der Waals surface area contributed by atoms with Crippen LogP contribution in [-0.4, -0.2) is 41.9 Å². The van der Waals surface area contributed by atoms with Crippen LogP contribution in [0.2, 0.25) is 0 Å². The van der Waals surface area contributed by atoms with Gasteiger partial charge in [0.1, 0.15) is 6.54 Å². The molecule has 0 bridgehead atoms. The van der Waals surface area contributed by atoms with Crippen LogP contribution in [0, 0.1) is 18.4 Å². The van der Waals surface area contributed by atoms with Crippen LogP contribution in [0.25, 0.3) is 0 Å². The minimum absolute atomic E-state index is 0.687. The first-order valence-corrected chi connectivity index (χ1v) is 6.60. The average molecular weight is 229 g/mol. The lowest BCUT2D eigenvalue weighted by Crippen LogP contribution is -2.51. The Kier molecular flexibility index (Phi) is 2.55. The van der Waals surface area contributed by atoms with Gasteiger partial charge >= 0.3 is 0 Å². The molecule has 0 amide bonds. The Balaban J connectivity index is 1.76. The first-order chi connectivity index (χ1) is 8.16. The number of nitrogens with zero attached hydrogens (tertiary/aromatic N) is 2. The minimum Gasteiger partial charge on any atom is -0.307 e. The summed E-state index contributed by atoms with van der Waals surface area (Å²) < 4.78 is 2.14. The first kappa shape index (κ1) is 11.0. The van der Waals surface area contributed by atoms with Crippen molar-refractivity contribution in [1.82, 2.24) is 4.90 Å². The molecule has 2 aliphatic heterocycles. The van der Waals surface area contributed by atoms with Gasteiger partial charge in [0.2, 0.25) is 0 Å². The molecular weight excluding hydrogens is 208 g/mol. The van der Waals surface area contributed by atoms with E-state index in [4.69, 9.17) is 0 Å². The van der Waals surface area contributed by atoms with Crippen molar-refractivity contribution in [1.29, 1.82) is 0 Å². The van der Waals surface area contributed by atoms with Crippen LogP contribution in [0.5, 0.6) is 0 Å². The van der Waals surface area contributed by atoms with Crippen molar-refractivity contribution in [2.75, 3.05) is 19.6 Å². The van der Waals surface area contributed by atoms with E-state index in [-0.39, 0.29) is 0 Å². The summed E-state index contributed by atoms with van der Waals surface area (Å²) in [6.45, 7) is 12.2. The molecule has 2 nitrogen and oxygen atoms in total. The first-order valence-electron chi connectivity index (χ1n) is 6.60. The van der Waals surface area contributed by atoms with Gasteiger partial charge in [-0.2, -0.15) is 11.6 Å². The van der Waals surface area contributed by atoms with Crippen LogP contribution >= 0.6 is 0 Å². The van der Waals surface area contributed by atoms with E-state index in [1.165, 1.54) is 25.6 Å². The monoisotopic (exact) mass is 229 g/mol. The number of rotatable bonds is 2. The lowest BCUT2D eigenvalue weighted by molar-refractivity contribution is -0.475.